The predicted molar refractivity (Wildman–Crippen MR) is 128 cm³/mol. The number of carbonyl (C=O) groups is 1. The molecule has 6 heteroatoms. The highest BCUT2D eigenvalue weighted by molar-refractivity contribution is 7.18. The number of hydrogen-bond donors (Lipinski definition) is 0. The Morgan fingerprint density at radius 2 is 1.75 bits per heavy atom. The number of nitrogens with zero attached hydrogens (tertiary/aromatic N) is 3. The van der Waals surface area contributed by atoms with Crippen LogP contribution < -0.4 is 10.5 Å². The van der Waals surface area contributed by atoms with Gasteiger partial charge in [-0.1, -0.05) is 48.5 Å². The first-order valence-corrected chi connectivity index (χ1v) is 12.0. The first kappa shape index (κ1) is 19.4. The van der Waals surface area contributed by atoms with E-state index in [1.54, 1.807) is 15.9 Å². The Morgan fingerprint density at radius 3 is 2.62 bits per heavy atom. The van der Waals surface area contributed by atoms with Crippen LogP contribution in [0.15, 0.2) is 59.4 Å². The van der Waals surface area contributed by atoms with Gasteiger partial charge in [-0.2, -0.15) is 0 Å². The van der Waals surface area contributed by atoms with Crippen LogP contribution in [0.4, 0.5) is 5.69 Å². The minimum Gasteiger partial charge on any atom is -0.310 e. The zero-order valence-electron chi connectivity index (χ0n) is 17.7. The summed E-state index contributed by atoms with van der Waals surface area (Å²) in [5, 5.41) is 0.721. The molecule has 32 heavy (non-hydrogen) atoms. The molecule has 0 N–H and O–H groups in total. The van der Waals surface area contributed by atoms with Crippen molar-refractivity contribution in [1.82, 2.24) is 9.55 Å². The molecule has 0 saturated carbocycles. The highest BCUT2D eigenvalue weighted by atomic mass is 32.1. The number of aromatic nitrogens is 2. The molecular formula is C26H23N3O2S. The van der Waals surface area contributed by atoms with E-state index in [1.807, 2.05) is 53.4 Å². The summed E-state index contributed by atoms with van der Waals surface area (Å²) in [7, 11) is 0. The topological polar surface area (TPSA) is 55.2 Å². The molecule has 0 bridgehead atoms. The van der Waals surface area contributed by atoms with Gasteiger partial charge in [-0.25, -0.2) is 4.98 Å². The largest absolute Gasteiger partial charge is 0.310 e. The zero-order chi connectivity index (χ0) is 21.7. The Balaban J connectivity index is 1.49. The average Bonchev–Trinajstić information content (AvgIpc) is 3.43. The lowest BCUT2D eigenvalue weighted by Gasteiger charge is -2.19. The van der Waals surface area contributed by atoms with Crippen LogP contribution >= 0.6 is 11.3 Å². The van der Waals surface area contributed by atoms with Crippen molar-refractivity contribution in [1.29, 1.82) is 0 Å². The van der Waals surface area contributed by atoms with Crippen molar-refractivity contribution in [3.05, 3.63) is 81.0 Å². The third-order valence-corrected chi connectivity index (χ3v) is 7.77. The van der Waals surface area contributed by atoms with Crippen LogP contribution in [0.3, 0.4) is 0 Å². The van der Waals surface area contributed by atoms with Gasteiger partial charge in [0, 0.05) is 22.7 Å². The van der Waals surface area contributed by atoms with Crippen LogP contribution in [0.5, 0.6) is 0 Å². The molecule has 2 aromatic heterocycles. The second-order valence-corrected chi connectivity index (χ2v) is 9.59. The third kappa shape index (κ3) is 3.09. The number of anilines is 1. The molecule has 0 unspecified atom stereocenters. The Hall–Kier alpha value is -3.25. The number of rotatable bonds is 3. The van der Waals surface area contributed by atoms with Gasteiger partial charge in [0.1, 0.15) is 17.2 Å². The molecule has 1 amide bonds. The van der Waals surface area contributed by atoms with E-state index in [1.165, 1.54) is 10.4 Å². The molecule has 160 valence electrons. The van der Waals surface area contributed by atoms with Gasteiger partial charge >= 0.3 is 0 Å². The SMILES string of the molecule is O=C(Cn1c(-c2ccccc2)nc2sc3c(c2c1=O)CCCC3)N1CCc2ccccc21. The van der Waals surface area contributed by atoms with Gasteiger partial charge in [-0.15, -0.1) is 11.3 Å². The van der Waals surface area contributed by atoms with Gasteiger partial charge in [-0.05, 0) is 49.3 Å². The molecule has 4 aromatic rings. The van der Waals surface area contributed by atoms with E-state index in [4.69, 9.17) is 4.98 Å². The fourth-order valence-electron chi connectivity index (χ4n) is 5.01. The number of carbonyl (C=O) groups excluding carboxylic acids is 1. The number of aryl methyl sites for hydroxylation is 2. The fraction of sp³-hybridized carbons (Fsp3) is 0.269. The van der Waals surface area contributed by atoms with E-state index in [0.717, 1.165) is 59.1 Å². The van der Waals surface area contributed by atoms with Gasteiger partial charge in [0.25, 0.3) is 5.56 Å². The highest BCUT2D eigenvalue weighted by Crippen LogP contribution is 2.35. The maximum atomic E-state index is 13.8. The molecule has 6 rings (SSSR count). The maximum absolute atomic E-state index is 13.8. The smallest absolute Gasteiger partial charge is 0.263 e. The number of para-hydroxylation sites is 1. The van der Waals surface area contributed by atoms with Crippen molar-refractivity contribution in [3.63, 3.8) is 0 Å². The van der Waals surface area contributed by atoms with E-state index in [-0.39, 0.29) is 18.0 Å². The van der Waals surface area contributed by atoms with Crippen molar-refractivity contribution in [3.8, 4) is 11.4 Å². The Bertz CT molecular complexity index is 1400. The summed E-state index contributed by atoms with van der Waals surface area (Å²) < 4.78 is 1.60. The van der Waals surface area contributed by atoms with Crippen molar-refractivity contribution in [2.75, 3.05) is 11.4 Å². The minimum atomic E-state index is -0.0888. The van der Waals surface area contributed by atoms with Crippen molar-refractivity contribution >= 4 is 33.1 Å². The van der Waals surface area contributed by atoms with Crippen molar-refractivity contribution < 1.29 is 4.79 Å². The predicted octanol–water partition coefficient (Wildman–Crippen LogP) is 4.59. The van der Waals surface area contributed by atoms with Crippen LogP contribution in [-0.4, -0.2) is 22.0 Å². The first-order valence-electron chi connectivity index (χ1n) is 11.2. The molecule has 1 aliphatic carbocycles. The summed E-state index contributed by atoms with van der Waals surface area (Å²) in [6, 6.07) is 17.7. The first-order chi connectivity index (χ1) is 15.7. The van der Waals surface area contributed by atoms with Crippen LogP contribution in [0.25, 0.3) is 21.6 Å². The Kier molecular flexibility index (Phi) is 4.68. The summed E-state index contributed by atoms with van der Waals surface area (Å²) >= 11 is 1.65. The fourth-order valence-corrected chi connectivity index (χ4v) is 6.26. The molecule has 0 radical (unpaired) electrons. The standard InChI is InChI=1S/C26H23N3O2S/c30-22(28-15-14-17-8-4-6-12-20(17)28)16-29-24(18-9-2-1-3-10-18)27-25-23(26(29)31)19-11-5-7-13-21(19)32-25/h1-4,6,8-10,12H,5,7,11,13-16H2. The van der Waals surface area contributed by atoms with Crippen LogP contribution in [0, 0.1) is 0 Å². The molecule has 3 heterocycles. The summed E-state index contributed by atoms with van der Waals surface area (Å²) in [5.41, 5.74) is 4.05. The maximum Gasteiger partial charge on any atom is 0.263 e. The quantitative estimate of drug-likeness (QED) is 0.467. The van der Waals surface area contributed by atoms with E-state index in [9.17, 15) is 9.59 Å². The Morgan fingerprint density at radius 1 is 0.969 bits per heavy atom. The number of thiophene rings is 1. The van der Waals surface area contributed by atoms with Gasteiger partial charge in [0.05, 0.1) is 5.39 Å². The van der Waals surface area contributed by atoms with Gasteiger partial charge in [-0.3, -0.25) is 14.2 Å². The molecule has 0 atom stereocenters. The molecule has 2 aliphatic rings. The third-order valence-electron chi connectivity index (χ3n) is 6.59. The lowest BCUT2D eigenvalue weighted by Crippen LogP contribution is -2.36. The lowest BCUT2D eigenvalue weighted by molar-refractivity contribution is -0.119. The summed E-state index contributed by atoms with van der Waals surface area (Å²) in [4.78, 5) is 36.1. The number of amides is 1. The molecule has 0 saturated heterocycles. The molecule has 1 aliphatic heterocycles. The molecular weight excluding hydrogens is 418 g/mol. The van der Waals surface area contributed by atoms with Gasteiger partial charge in [0.15, 0.2) is 0 Å². The zero-order valence-corrected chi connectivity index (χ0v) is 18.5. The highest BCUT2D eigenvalue weighted by Gasteiger charge is 2.27. The molecule has 0 spiro atoms. The van der Waals surface area contributed by atoms with E-state index >= 15 is 0 Å². The molecule has 0 fully saturated rings. The van der Waals surface area contributed by atoms with E-state index in [0.29, 0.717) is 12.4 Å². The average molecular weight is 442 g/mol. The second kappa shape index (κ2) is 7.71. The van der Waals surface area contributed by atoms with E-state index in [2.05, 4.69) is 6.07 Å². The normalized spacial score (nSPS) is 15.1. The van der Waals surface area contributed by atoms with Crippen LogP contribution in [0.2, 0.25) is 0 Å². The second-order valence-electron chi connectivity index (χ2n) is 8.51. The summed E-state index contributed by atoms with van der Waals surface area (Å²) in [6.07, 6.45) is 5.04. The number of hydrogen-bond acceptors (Lipinski definition) is 4. The van der Waals surface area contributed by atoms with Crippen LogP contribution in [0.1, 0.15) is 28.8 Å². The monoisotopic (exact) mass is 441 g/mol. The minimum absolute atomic E-state index is 0.00897. The van der Waals surface area contributed by atoms with Crippen LogP contribution in [-0.2, 0) is 30.6 Å². The number of benzene rings is 2. The van der Waals surface area contributed by atoms with Crippen molar-refractivity contribution in [2.24, 2.45) is 0 Å². The summed E-state index contributed by atoms with van der Waals surface area (Å²) in [6.45, 7) is 0.641. The molecule has 5 nitrogen and oxygen atoms in total. The van der Waals surface area contributed by atoms with E-state index < -0.39 is 0 Å². The molecule has 2 aromatic carbocycles. The lowest BCUT2D eigenvalue weighted by atomic mass is 9.97. The number of fused-ring (bicyclic) bond motifs is 4. The summed E-state index contributed by atoms with van der Waals surface area (Å²) in [5.74, 6) is 0.502. The Labute approximate surface area is 190 Å². The van der Waals surface area contributed by atoms with Gasteiger partial charge < -0.3 is 4.90 Å². The van der Waals surface area contributed by atoms with Crippen molar-refractivity contribution in [2.45, 2.75) is 38.6 Å². The van der Waals surface area contributed by atoms with Gasteiger partial charge in [0.2, 0.25) is 5.91 Å².